The van der Waals surface area contributed by atoms with Crippen LogP contribution in [0.25, 0.3) is 0 Å². The van der Waals surface area contributed by atoms with Crippen LogP contribution in [0.4, 0.5) is 0 Å². The lowest BCUT2D eigenvalue weighted by atomic mass is 9.64. The monoisotopic (exact) mass is 344 g/mol. The van der Waals surface area contributed by atoms with Gasteiger partial charge in [-0.1, -0.05) is 38.7 Å². The third-order valence-corrected chi connectivity index (χ3v) is 10.0. The minimum atomic E-state index is -1.38. The first-order valence-electron chi connectivity index (χ1n) is 9.72. The fourth-order valence-electron chi connectivity index (χ4n) is 5.92. The molecule has 0 heterocycles. The van der Waals surface area contributed by atoms with Gasteiger partial charge in [0.05, 0.1) is 20.3 Å². The van der Waals surface area contributed by atoms with Gasteiger partial charge in [0.15, 0.2) is 0 Å². The van der Waals surface area contributed by atoms with Crippen molar-refractivity contribution < 1.29 is 10.2 Å². The number of fused-ring (bicyclic) bond motifs is 5. The van der Waals surface area contributed by atoms with E-state index in [1.54, 1.807) is 11.1 Å². The van der Waals surface area contributed by atoms with Crippen LogP contribution in [0.5, 0.6) is 0 Å². The minimum absolute atomic E-state index is 0.0735. The summed E-state index contributed by atoms with van der Waals surface area (Å²) in [6.45, 7) is 9.65. The van der Waals surface area contributed by atoms with Gasteiger partial charge in [-0.15, -0.1) is 0 Å². The number of aliphatic hydroxyl groups excluding tert-OH is 2. The van der Waals surface area contributed by atoms with Crippen LogP contribution in [-0.4, -0.2) is 30.5 Å². The van der Waals surface area contributed by atoms with Crippen molar-refractivity contribution in [1.29, 1.82) is 0 Å². The van der Waals surface area contributed by atoms with Gasteiger partial charge < -0.3 is 10.2 Å². The Morgan fingerprint density at radius 3 is 2.58 bits per heavy atom. The second-order valence-corrected chi connectivity index (χ2v) is 15.3. The highest BCUT2D eigenvalue weighted by atomic mass is 28.3. The zero-order valence-electron chi connectivity index (χ0n) is 15.6. The molecular formula is C21H32O2Si. The van der Waals surface area contributed by atoms with Gasteiger partial charge in [0.2, 0.25) is 0 Å². The lowest BCUT2D eigenvalue weighted by Gasteiger charge is -2.44. The van der Waals surface area contributed by atoms with Crippen LogP contribution in [0.1, 0.15) is 66.3 Å². The van der Waals surface area contributed by atoms with Crippen LogP contribution in [-0.2, 0) is 12.8 Å². The highest BCUT2D eigenvalue weighted by Gasteiger charge is 2.50. The Balaban J connectivity index is 1.86. The van der Waals surface area contributed by atoms with Gasteiger partial charge >= 0.3 is 0 Å². The third kappa shape index (κ3) is 2.35. The first-order valence-corrected chi connectivity index (χ1v) is 13.3. The molecule has 4 rings (SSSR count). The maximum Gasteiger partial charge on any atom is 0.0600 e. The predicted molar refractivity (Wildman–Crippen MR) is 101 cm³/mol. The Bertz CT molecular complexity index is 663. The van der Waals surface area contributed by atoms with Crippen molar-refractivity contribution in [2.45, 2.75) is 88.8 Å². The van der Waals surface area contributed by atoms with Gasteiger partial charge in [0.25, 0.3) is 0 Å². The summed E-state index contributed by atoms with van der Waals surface area (Å²) >= 11 is 0. The molecule has 3 aliphatic rings. The quantitative estimate of drug-likeness (QED) is 0.752. The van der Waals surface area contributed by atoms with E-state index in [1.165, 1.54) is 11.1 Å². The lowest BCUT2D eigenvalue weighted by Crippen LogP contribution is -2.41. The maximum atomic E-state index is 10.5. The van der Waals surface area contributed by atoms with Crippen molar-refractivity contribution in [3.63, 3.8) is 0 Å². The first kappa shape index (κ1) is 16.8. The van der Waals surface area contributed by atoms with Gasteiger partial charge in [0, 0.05) is 5.41 Å². The SMILES string of the molecule is C[C@]12CCc3c(ccc4c3C([Si](C)(C)C)CC(O)C4)[C@@H]1CCC2O. The van der Waals surface area contributed by atoms with Crippen molar-refractivity contribution in [1.82, 2.24) is 0 Å². The topological polar surface area (TPSA) is 40.5 Å². The summed E-state index contributed by atoms with van der Waals surface area (Å²) in [5.74, 6) is 0.524. The Labute approximate surface area is 147 Å². The molecule has 3 aliphatic carbocycles. The van der Waals surface area contributed by atoms with Crippen molar-refractivity contribution in [3.8, 4) is 0 Å². The number of rotatable bonds is 1. The summed E-state index contributed by atoms with van der Waals surface area (Å²) in [7, 11) is -1.38. The Morgan fingerprint density at radius 1 is 1.12 bits per heavy atom. The molecule has 3 heteroatoms. The van der Waals surface area contributed by atoms with E-state index in [2.05, 4.69) is 38.7 Å². The minimum Gasteiger partial charge on any atom is -0.393 e. The largest absolute Gasteiger partial charge is 0.393 e. The van der Waals surface area contributed by atoms with Crippen LogP contribution in [0.3, 0.4) is 0 Å². The zero-order valence-corrected chi connectivity index (χ0v) is 16.6. The normalized spacial score (nSPS) is 38.4. The van der Waals surface area contributed by atoms with E-state index in [1.807, 2.05) is 0 Å². The van der Waals surface area contributed by atoms with Crippen molar-refractivity contribution in [3.05, 3.63) is 34.4 Å². The molecule has 0 bridgehead atoms. The Hall–Kier alpha value is -0.643. The summed E-state index contributed by atoms with van der Waals surface area (Å²) in [4.78, 5) is 0. The molecule has 0 radical (unpaired) electrons. The van der Waals surface area contributed by atoms with Gasteiger partial charge in [-0.25, -0.2) is 0 Å². The van der Waals surface area contributed by atoms with Gasteiger partial charge in [0.1, 0.15) is 0 Å². The van der Waals surface area contributed by atoms with E-state index in [4.69, 9.17) is 0 Å². The number of hydrogen-bond acceptors (Lipinski definition) is 2. The van der Waals surface area contributed by atoms with E-state index in [-0.39, 0.29) is 17.6 Å². The summed E-state index contributed by atoms with van der Waals surface area (Å²) in [6.07, 6.45) is 5.77. The average Bonchev–Trinajstić information content (AvgIpc) is 2.81. The van der Waals surface area contributed by atoms with Crippen LogP contribution < -0.4 is 0 Å². The molecule has 2 nitrogen and oxygen atoms in total. The molecule has 0 aromatic heterocycles. The number of hydrogen-bond donors (Lipinski definition) is 2. The van der Waals surface area contributed by atoms with E-state index in [9.17, 15) is 10.2 Å². The molecule has 1 aromatic carbocycles. The summed E-state index contributed by atoms with van der Waals surface area (Å²) in [6, 6.07) is 4.65. The second kappa shape index (κ2) is 5.42. The predicted octanol–water partition coefficient (Wildman–Crippen LogP) is 4.15. The molecule has 1 aromatic rings. The molecule has 2 N–H and O–H groups in total. The molecule has 3 unspecified atom stereocenters. The first-order chi connectivity index (χ1) is 11.2. The van der Waals surface area contributed by atoms with E-state index in [0.717, 1.165) is 38.5 Å². The number of benzene rings is 1. The molecule has 24 heavy (non-hydrogen) atoms. The summed E-state index contributed by atoms with van der Waals surface area (Å²) < 4.78 is 0. The van der Waals surface area contributed by atoms with E-state index < -0.39 is 8.07 Å². The van der Waals surface area contributed by atoms with Crippen molar-refractivity contribution in [2.75, 3.05) is 0 Å². The highest BCUT2D eigenvalue weighted by Crippen LogP contribution is 2.57. The highest BCUT2D eigenvalue weighted by molar-refractivity contribution is 6.77. The van der Waals surface area contributed by atoms with Crippen LogP contribution in [0.2, 0.25) is 19.6 Å². The molecule has 1 saturated carbocycles. The van der Waals surface area contributed by atoms with Crippen molar-refractivity contribution >= 4 is 8.07 Å². The third-order valence-electron chi connectivity index (χ3n) is 7.42. The Kier molecular flexibility index (Phi) is 3.80. The summed E-state index contributed by atoms with van der Waals surface area (Å²) in [5.41, 5.74) is 6.79. The second-order valence-electron chi connectivity index (χ2n) is 9.87. The van der Waals surface area contributed by atoms with Gasteiger partial charge in [-0.05, 0) is 72.2 Å². The molecule has 0 spiro atoms. The number of aliphatic hydroxyl groups is 2. The molecule has 0 saturated heterocycles. The molecule has 0 aliphatic heterocycles. The Morgan fingerprint density at radius 2 is 1.88 bits per heavy atom. The lowest BCUT2D eigenvalue weighted by molar-refractivity contribution is 0.0455. The van der Waals surface area contributed by atoms with Crippen molar-refractivity contribution in [2.24, 2.45) is 5.41 Å². The fourth-order valence-corrected chi connectivity index (χ4v) is 8.13. The van der Waals surface area contributed by atoms with E-state index in [0.29, 0.717) is 11.5 Å². The smallest absolute Gasteiger partial charge is 0.0600 e. The van der Waals surface area contributed by atoms with Crippen LogP contribution in [0, 0.1) is 5.41 Å². The van der Waals surface area contributed by atoms with Gasteiger partial charge in [-0.2, -0.15) is 0 Å². The van der Waals surface area contributed by atoms with Crippen LogP contribution >= 0.6 is 0 Å². The molecule has 1 fully saturated rings. The average molecular weight is 345 g/mol. The van der Waals surface area contributed by atoms with Crippen LogP contribution in [0.15, 0.2) is 12.1 Å². The summed E-state index contributed by atoms with van der Waals surface area (Å²) in [5, 5.41) is 20.9. The van der Waals surface area contributed by atoms with Gasteiger partial charge in [-0.3, -0.25) is 0 Å². The van der Waals surface area contributed by atoms with E-state index >= 15 is 0 Å². The molecule has 5 atom stereocenters. The fraction of sp³-hybridized carbons (Fsp3) is 0.714. The molecule has 0 amide bonds. The zero-order chi connectivity index (χ0) is 17.3. The maximum absolute atomic E-state index is 10.5. The molecule has 132 valence electrons. The molecular weight excluding hydrogens is 312 g/mol. The standard InChI is InChI=1S/C21H32O2Si/c1-21-10-9-16-15(17(21)7-8-19(21)23)6-5-13-11-14(22)12-18(20(13)16)24(2,3)4/h5-6,14,17-19,22-23H,7-12H2,1-4H3/t14?,17-,18?,19?,21-/m0/s1.